The first kappa shape index (κ1) is 32.4. The standard InChI is InChI=1S/C19H19N3O3.C18H20N2O3/c23-17-19(21-18(24)20-17)10-12-22(13-11-19)14-6-8-16(9-7-14)25-15-4-2-1-3-5-15;19-18(17(21)22)10-12-20(13-11-18)14-6-8-16(9-7-14)23-15-4-2-1-3-5-15/h1-9H,10-13H2,(H2,20,21,23,24);1-9H,10-13,19H2,(H,21,22). The molecule has 0 radical (unpaired) electrons. The van der Waals surface area contributed by atoms with Gasteiger partial charge in [-0.25, -0.2) is 4.79 Å². The van der Waals surface area contributed by atoms with E-state index < -0.39 is 17.0 Å². The number of benzene rings is 4. The summed E-state index contributed by atoms with van der Waals surface area (Å²) in [6.07, 6.45) is 2.11. The van der Waals surface area contributed by atoms with Gasteiger partial charge in [-0.05, 0) is 98.5 Å². The number of aliphatic carboxylic acids is 1. The van der Waals surface area contributed by atoms with Gasteiger partial charge in [0.1, 0.15) is 34.1 Å². The van der Waals surface area contributed by atoms with Gasteiger partial charge in [0, 0.05) is 37.6 Å². The van der Waals surface area contributed by atoms with Crippen molar-refractivity contribution in [3.63, 3.8) is 0 Å². The summed E-state index contributed by atoms with van der Waals surface area (Å²) < 4.78 is 11.6. The maximum Gasteiger partial charge on any atom is 0.323 e. The topological polar surface area (TPSA) is 146 Å². The quantitative estimate of drug-likeness (QED) is 0.190. The molecule has 4 aromatic carbocycles. The highest BCUT2D eigenvalue weighted by Crippen LogP contribution is 2.31. The van der Waals surface area contributed by atoms with E-state index in [1.54, 1.807) is 0 Å². The highest BCUT2D eigenvalue weighted by Gasteiger charge is 2.47. The van der Waals surface area contributed by atoms with Crippen LogP contribution in [0.1, 0.15) is 25.7 Å². The number of urea groups is 1. The molecule has 3 saturated heterocycles. The normalized spacial score (nSPS) is 17.9. The summed E-state index contributed by atoms with van der Waals surface area (Å²) in [5, 5.41) is 14.3. The minimum Gasteiger partial charge on any atom is -0.480 e. The molecular weight excluding hydrogens is 610 g/mol. The first-order valence-corrected chi connectivity index (χ1v) is 16.0. The van der Waals surface area contributed by atoms with Crippen LogP contribution in [-0.4, -0.2) is 60.3 Å². The Kier molecular flexibility index (Phi) is 9.49. The smallest absolute Gasteiger partial charge is 0.323 e. The lowest BCUT2D eigenvalue weighted by Gasteiger charge is -2.38. The maximum absolute atomic E-state index is 12.0. The van der Waals surface area contributed by atoms with Crippen LogP contribution in [0.25, 0.3) is 0 Å². The second-order valence-electron chi connectivity index (χ2n) is 12.2. The summed E-state index contributed by atoms with van der Waals surface area (Å²) in [5.74, 6) is 2.04. The van der Waals surface area contributed by atoms with Gasteiger partial charge in [0.2, 0.25) is 0 Å². The number of amides is 3. The Morgan fingerprint density at radius 2 is 1.02 bits per heavy atom. The minimum absolute atomic E-state index is 0.205. The van der Waals surface area contributed by atoms with Gasteiger partial charge in [-0.1, -0.05) is 36.4 Å². The van der Waals surface area contributed by atoms with Crippen LogP contribution in [0.3, 0.4) is 0 Å². The number of rotatable bonds is 7. The first-order valence-electron chi connectivity index (χ1n) is 16.0. The molecule has 3 fully saturated rings. The van der Waals surface area contributed by atoms with Crippen LogP contribution < -0.4 is 35.6 Å². The third-order valence-corrected chi connectivity index (χ3v) is 9.07. The molecule has 0 atom stereocenters. The van der Waals surface area contributed by atoms with Crippen molar-refractivity contribution < 1.29 is 29.0 Å². The van der Waals surface area contributed by atoms with Crippen molar-refractivity contribution in [1.29, 1.82) is 0 Å². The first-order chi connectivity index (χ1) is 23.2. The summed E-state index contributed by atoms with van der Waals surface area (Å²) in [7, 11) is 0. The van der Waals surface area contributed by atoms with E-state index in [-0.39, 0.29) is 11.9 Å². The summed E-state index contributed by atoms with van der Waals surface area (Å²) in [5.41, 5.74) is 6.22. The number of hydrogen-bond donors (Lipinski definition) is 4. The molecule has 1 spiro atoms. The number of imide groups is 1. The zero-order valence-electron chi connectivity index (χ0n) is 26.5. The average Bonchev–Trinajstić information content (AvgIpc) is 3.38. The second-order valence-corrected chi connectivity index (χ2v) is 12.2. The lowest BCUT2D eigenvalue weighted by atomic mass is 9.87. The highest BCUT2D eigenvalue weighted by molar-refractivity contribution is 6.07. The Labute approximate surface area is 279 Å². The Morgan fingerprint density at radius 3 is 1.40 bits per heavy atom. The van der Waals surface area contributed by atoms with Crippen LogP contribution in [0.15, 0.2) is 109 Å². The van der Waals surface area contributed by atoms with Crippen molar-refractivity contribution in [2.75, 3.05) is 36.0 Å². The van der Waals surface area contributed by atoms with E-state index in [1.807, 2.05) is 109 Å². The summed E-state index contributed by atoms with van der Waals surface area (Å²) in [6, 6.07) is 34.6. The second kappa shape index (κ2) is 14.1. The minimum atomic E-state index is -1.09. The van der Waals surface area contributed by atoms with Crippen molar-refractivity contribution in [3.05, 3.63) is 109 Å². The van der Waals surface area contributed by atoms with Crippen molar-refractivity contribution in [2.24, 2.45) is 5.73 Å². The van der Waals surface area contributed by atoms with Crippen LogP contribution in [0.5, 0.6) is 23.0 Å². The van der Waals surface area contributed by atoms with Gasteiger partial charge in [-0.2, -0.15) is 0 Å². The number of piperidine rings is 2. The Morgan fingerprint density at radius 1 is 0.625 bits per heavy atom. The number of nitrogens with one attached hydrogen (secondary N) is 2. The molecule has 0 saturated carbocycles. The molecule has 7 rings (SSSR count). The number of anilines is 2. The molecule has 3 aliphatic heterocycles. The monoisotopic (exact) mass is 649 g/mol. The number of hydrogen-bond acceptors (Lipinski definition) is 8. The fraction of sp³-hybridized carbons (Fsp3) is 0.270. The molecule has 11 nitrogen and oxygen atoms in total. The molecule has 4 aromatic rings. The van der Waals surface area contributed by atoms with Crippen molar-refractivity contribution in [2.45, 2.75) is 36.8 Å². The van der Waals surface area contributed by atoms with E-state index in [0.717, 1.165) is 34.4 Å². The number of carboxylic acid groups (broad SMARTS) is 1. The third kappa shape index (κ3) is 7.53. The number of ether oxygens (including phenoxy) is 2. The Hall–Kier alpha value is -5.55. The van der Waals surface area contributed by atoms with Gasteiger partial charge in [0.05, 0.1) is 0 Å². The van der Waals surface area contributed by atoms with Crippen LogP contribution in [0.4, 0.5) is 16.2 Å². The van der Waals surface area contributed by atoms with Gasteiger partial charge in [-0.3, -0.25) is 14.9 Å². The average molecular weight is 650 g/mol. The largest absolute Gasteiger partial charge is 0.480 e. The molecule has 3 aliphatic rings. The SMILES string of the molecule is NC1(C(=O)O)CCN(c2ccc(Oc3ccccc3)cc2)CC1.O=C1NC(=O)C2(CCN(c3ccc(Oc4ccccc4)cc3)CC2)N1. The molecule has 248 valence electrons. The van der Waals surface area contributed by atoms with Crippen LogP contribution >= 0.6 is 0 Å². The van der Waals surface area contributed by atoms with E-state index in [0.29, 0.717) is 51.9 Å². The van der Waals surface area contributed by atoms with E-state index >= 15 is 0 Å². The molecule has 5 N–H and O–H groups in total. The van der Waals surface area contributed by atoms with Crippen LogP contribution in [0, 0.1) is 0 Å². The molecule has 0 aromatic heterocycles. The van der Waals surface area contributed by atoms with Crippen LogP contribution in [-0.2, 0) is 9.59 Å². The van der Waals surface area contributed by atoms with Crippen molar-refractivity contribution >= 4 is 29.3 Å². The lowest BCUT2D eigenvalue weighted by molar-refractivity contribution is -0.144. The third-order valence-electron chi connectivity index (χ3n) is 9.07. The molecule has 11 heteroatoms. The fourth-order valence-corrected chi connectivity index (χ4v) is 6.10. The zero-order valence-corrected chi connectivity index (χ0v) is 26.5. The summed E-state index contributed by atoms with van der Waals surface area (Å²) in [6.45, 7) is 2.71. The molecule has 0 unspecified atom stereocenters. The lowest BCUT2D eigenvalue weighted by Crippen LogP contribution is -2.55. The van der Waals surface area contributed by atoms with Crippen LogP contribution in [0.2, 0.25) is 0 Å². The molecular formula is C37H39N5O6. The zero-order chi connectivity index (χ0) is 33.6. The molecule has 0 aliphatic carbocycles. The van der Waals surface area contributed by atoms with Gasteiger partial charge >= 0.3 is 12.0 Å². The highest BCUT2D eigenvalue weighted by atomic mass is 16.5. The number of nitrogens with two attached hydrogens (primary N) is 1. The maximum atomic E-state index is 12.0. The van der Waals surface area contributed by atoms with E-state index in [4.69, 9.17) is 15.2 Å². The van der Waals surface area contributed by atoms with Crippen molar-refractivity contribution in [1.82, 2.24) is 10.6 Å². The molecule has 3 amide bonds. The Bertz CT molecular complexity index is 1700. The number of carbonyl (C=O) groups is 3. The Balaban J connectivity index is 0.000000168. The van der Waals surface area contributed by atoms with E-state index in [2.05, 4.69) is 20.4 Å². The summed E-state index contributed by atoms with van der Waals surface area (Å²) >= 11 is 0. The van der Waals surface area contributed by atoms with Gasteiger partial charge in [0.15, 0.2) is 0 Å². The predicted molar refractivity (Wildman–Crippen MR) is 183 cm³/mol. The molecule has 0 bridgehead atoms. The van der Waals surface area contributed by atoms with Gasteiger partial charge in [-0.15, -0.1) is 0 Å². The number of carbonyl (C=O) groups excluding carboxylic acids is 2. The number of carboxylic acids is 1. The number of nitrogens with zero attached hydrogens (tertiary/aromatic N) is 2. The van der Waals surface area contributed by atoms with Gasteiger partial charge < -0.3 is 35.4 Å². The van der Waals surface area contributed by atoms with E-state index in [9.17, 15) is 19.5 Å². The molecule has 3 heterocycles. The van der Waals surface area contributed by atoms with Crippen molar-refractivity contribution in [3.8, 4) is 23.0 Å². The fourth-order valence-electron chi connectivity index (χ4n) is 6.10. The number of para-hydroxylation sites is 2. The summed E-state index contributed by atoms with van der Waals surface area (Å²) in [4.78, 5) is 38.9. The predicted octanol–water partition coefficient (Wildman–Crippen LogP) is 5.52. The molecule has 48 heavy (non-hydrogen) atoms. The van der Waals surface area contributed by atoms with E-state index in [1.165, 1.54) is 0 Å². The van der Waals surface area contributed by atoms with Gasteiger partial charge in [0.25, 0.3) is 5.91 Å².